The Labute approximate surface area is 148 Å². The van der Waals surface area contributed by atoms with Crippen molar-refractivity contribution in [1.29, 1.82) is 0 Å². The molecule has 0 atom stereocenters. The smallest absolute Gasteiger partial charge is 0.253 e. The van der Waals surface area contributed by atoms with Crippen LogP contribution in [0.1, 0.15) is 20.9 Å². The van der Waals surface area contributed by atoms with Gasteiger partial charge in [-0.2, -0.15) is 0 Å². The largest absolute Gasteiger partial charge is 0.353 e. The number of benzene rings is 1. The van der Waals surface area contributed by atoms with Crippen molar-refractivity contribution in [3.8, 4) is 10.7 Å². The number of nitrogens with zero attached hydrogens (tertiary/aromatic N) is 3. The van der Waals surface area contributed by atoms with Gasteiger partial charge >= 0.3 is 0 Å². The van der Waals surface area contributed by atoms with E-state index in [1.165, 1.54) is 28.5 Å². The van der Waals surface area contributed by atoms with E-state index >= 15 is 0 Å². The minimum absolute atomic E-state index is 0.175. The molecule has 0 unspecified atom stereocenters. The maximum absolute atomic E-state index is 12.0. The molecule has 3 aromatic heterocycles. The second-order valence-corrected chi connectivity index (χ2v) is 6.71. The van der Waals surface area contributed by atoms with Crippen LogP contribution in [0.3, 0.4) is 0 Å². The Hall–Kier alpha value is -3.06. The van der Waals surface area contributed by atoms with Crippen LogP contribution in [0, 0.1) is 6.92 Å². The third-order valence-electron chi connectivity index (χ3n) is 3.90. The standard InChI is InChI=1S/C18H15N5OS/c1-11-4-2-6-14-13(11)8-15(21-14)18-23-22-16(25-18)10-20-17(24)12-5-3-7-19-9-12/h2-9,21H,10H2,1H3,(H,20,24). The number of aromatic amines is 1. The number of hydrogen-bond acceptors (Lipinski definition) is 5. The Bertz CT molecular complexity index is 1040. The SMILES string of the molecule is Cc1cccc2[nH]c(-c3nnc(CNC(=O)c4cccnc4)s3)cc12. The minimum Gasteiger partial charge on any atom is -0.353 e. The Balaban J connectivity index is 1.50. The fourth-order valence-corrected chi connectivity index (χ4v) is 3.36. The second-order valence-electron chi connectivity index (χ2n) is 5.64. The van der Waals surface area contributed by atoms with E-state index in [0.717, 1.165) is 21.2 Å². The summed E-state index contributed by atoms with van der Waals surface area (Å²) in [5.74, 6) is -0.175. The predicted molar refractivity (Wildman–Crippen MR) is 97.3 cm³/mol. The van der Waals surface area contributed by atoms with Crippen LogP contribution in [0.15, 0.2) is 48.8 Å². The molecule has 0 bridgehead atoms. The van der Waals surface area contributed by atoms with Crippen LogP contribution in [-0.4, -0.2) is 26.1 Å². The molecule has 7 heteroatoms. The molecule has 124 valence electrons. The van der Waals surface area contributed by atoms with Crippen molar-refractivity contribution >= 4 is 28.1 Å². The van der Waals surface area contributed by atoms with E-state index in [-0.39, 0.29) is 5.91 Å². The fourth-order valence-electron chi connectivity index (χ4n) is 2.61. The molecule has 4 rings (SSSR count). The lowest BCUT2D eigenvalue weighted by molar-refractivity contribution is 0.0950. The van der Waals surface area contributed by atoms with Crippen LogP contribution >= 0.6 is 11.3 Å². The number of amides is 1. The highest BCUT2D eigenvalue weighted by Crippen LogP contribution is 2.28. The molecule has 0 aliphatic heterocycles. The van der Waals surface area contributed by atoms with Gasteiger partial charge in [-0.15, -0.1) is 10.2 Å². The summed E-state index contributed by atoms with van der Waals surface area (Å²) in [5, 5.41) is 14.0. The fraction of sp³-hybridized carbons (Fsp3) is 0.111. The first kappa shape index (κ1) is 15.5. The van der Waals surface area contributed by atoms with E-state index in [1.54, 1.807) is 18.3 Å². The molecule has 6 nitrogen and oxygen atoms in total. The summed E-state index contributed by atoms with van der Waals surface area (Å²) in [6.45, 7) is 2.42. The first-order valence-electron chi connectivity index (χ1n) is 7.80. The van der Waals surface area contributed by atoms with E-state index in [0.29, 0.717) is 12.1 Å². The Kier molecular flexibility index (Phi) is 3.99. The molecule has 0 aliphatic rings. The van der Waals surface area contributed by atoms with Crippen molar-refractivity contribution in [1.82, 2.24) is 25.5 Å². The lowest BCUT2D eigenvalue weighted by atomic mass is 10.1. The number of H-pyrrole nitrogens is 1. The monoisotopic (exact) mass is 349 g/mol. The zero-order valence-corrected chi connectivity index (χ0v) is 14.3. The average molecular weight is 349 g/mol. The van der Waals surface area contributed by atoms with Crippen LogP contribution in [0.25, 0.3) is 21.6 Å². The zero-order chi connectivity index (χ0) is 17.2. The van der Waals surface area contributed by atoms with Crippen LogP contribution in [0.5, 0.6) is 0 Å². The highest BCUT2D eigenvalue weighted by molar-refractivity contribution is 7.14. The number of hydrogen-bond donors (Lipinski definition) is 2. The van der Waals surface area contributed by atoms with Crippen LogP contribution < -0.4 is 5.32 Å². The van der Waals surface area contributed by atoms with Gasteiger partial charge in [0.2, 0.25) is 0 Å². The molecule has 0 saturated heterocycles. The van der Waals surface area contributed by atoms with Crippen molar-refractivity contribution in [2.45, 2.75) is 13.5 Å². The van der Waals surface area contributed by atoms with Crippen LogP contribution in [-0.2, 0) is 6.54 Å². The number of carbonyl (C=O) groups excluding carboxylic acids is 1. The Morgan fingerprint density at radius 1 is 1.24 bits per heavy atom. The van der Waals surface area contributed by atoms with Crippen molar-refractivity contribution in [3.05, 3.63) is 64.9 Å². The van der Waals surface area contributed by atoms with Crippen LogP contribution in [0.2, 0.25) is 0 Å². The lowest BCUT2D eigenvalue weighted by Crippen LogP contribution is -2.22. The lowest BCUT2D eigenvalue weighted by Gasteiger charge is -2.01. The van der Waals surface area contributed by atoms with Crippen molar-refractivity contribution in [2.24, 2.45) is 0 Å². The number of fused-ring (bicyclic) bond motifs is 1. The molecule has 0 spiro atoms. The molecule has 0 aliphatic carbocycles. The molecular weight excluding hydrogens is 334 g/mol. The summed E-state index contributed by atoms with van der Waals surface area (Å²) >= 11 is 1.46. The molecule has 1 amide bonds. The third kappa shape index (κ3) is 3.14. The minimum atomic E-state index is -0.175. The quantitative estimate of drug-likeness (QED) is 0.592. The molecule has 0 saturated carbocycles. The van der Waals surface area contributed by atoms with Gasteiger partial charge in [0.25, 0.3) is 5.91 Å². The molecule has 2 N–H and O–H groups in total. The van der Waals surface area contributed by atoms with E-state index in [9.17, 15) is 4.79 Å². The van der Waals surface area contributed by atoms with Gasteiger partial charge in [-0.3, -0.25) is 9.78 Å². The summed E-state index contributed by atoms with van der Waals surface area (Å²) < 4.78 is 0. The summed E-state index contributed by atoms with van der Waals surface area (Å²) in [4.78, 5) is 19.4. The number of nitrogens with one attached hydrogen (secondary N) is 2. The van der Waals surface area contributed by atoms with Gasteiger partial charge in [-0.1, -0.05) is 23.5 Å². The van der Waals surface area contributed by atoms with Crippen molar-refractivity contribution < 1.29 is 4.79 Å². The predicted octanol–water partition coefficient (Wildman–Crippen LogP) is 3.32. The first-order valence-corrected chi connectivity index (χ1v) is 8.61. The molecule has 4 aromatic rings. The number of carbonyl (C=O) groups is 1. The summed E-state index contributed by atoms with van der Waals surface area (Å²) in [7, 11) is 0. The second kappa shape index (κ2) is 6.45. The first-order chi connectivity index (χ1) is 12.2. The maximum atomic E-state index is 12.0. The average Bonchev–Trinajstić information content (AvgIpc) is 3.28. The number of rotatable bonds is 4. The van der Waals surface area contributed by atoms with E-state index in [2.05, 4.69) is 44.5 Å². The van der Waals surface area contributed by atoms with Gasteiger partial charge in [-0.05, 0) is 36.8 Å². The van der Waals surface area contributed by atoms with Gasteiger partial charge in [0.15, 0.2) is 5.01 Å². The number of pyridine rings is 1. The molecule has 1 aromatic carbocycles. The maximum Gasteiger partial charge on any atom is 0.253 e. The number of aryl methyl sites for hydroxylation is 1. The van der Waals surface area contributed by atoms with Crippen molar-refractivity contribution in [2.75, 3.05) is 0 Å². The highest BCUT2D eigenvalue weighted by atomic mass is 32.1. The molecule has 0 fully saturated rings. The van der Waals surface area contributed by atoms with E-state index in [4.69, 9.17) is 0 Å². The highest BCUT2D eigenvalue weighted by Gasteiger charge is 2.12. The van der Waals surface area contributed by atoms with Gasteiger partial charge in [0, 0.05) is 23.3 Å². The van der Waals surface area contributed by atoms with Gasteiger partial charge in [-0.25, -0.2) is 0 Å². The van der Waals surface area contributed by atoms with Gasteiger partial charge in [0.1, 0.15) is 5.01 Å². The summed E-state index contributed by atoms with van der Waals surface area (Å²) in [6.07, 6.45) is 3.17. The Morgan fingerprint density at radius 2 is 2.16 bits per heavy atom. The third-order valence-corrected chi connectivity index (χ3v) is 4.86. The molecular formula is C18H15N5OS. The Morgan fingerprint density at radius 3 is 2.96 bits per heavy atom. The van der Waals surface area contributed by atoms with Crippen molar-refractivity contribution in [3.63, 3.8) is 0 Å². The van der Waals surface area contributed by atoms with E-state index in [1.807, 2.05) is 12.1 Å². The normalized spacial score (nSPS) is 10.9. The molecule has 0 radical (unpaired) electrons. The summed E-state index contributed by atoms with van der Waals surface area (Å²) in [5.41, 5.74) is 3.76. The van der Waals surface area contributed by atoms with Gasteiger partial charge < -0.3 is 10.3 Å². The number of aromatic nitrogens is 4. The van der Waals surface area contributed by atoms with Gasteiger partial charge in [0.05, 0.1) is 17.8 Å². The van der Waals surface area contributed by atoms with E-state index < -0.39 is 0 Å². The molecule has 25 heavy (non-hydrogen) atoms. The zero-order valence-electron chi connectivity index (χ0n) is 13.5. The van der Waals surface area contributed by atoms with Crippen LogP contribution in [0.4, 0.5) is 0 Å². The molecule has 3 heterocycles. The topological polar surface area (TPSA) is 83.6 Å². The summed E-state index contributed by atoms with van der Waals surface area (Å²) in [6, 6.07) is 11.7.